The minimum atomic E-state index is -0.306. The van der Waals surface area contributed by atoms with Gasteiger partial charge in [-0.1, -0.05) is 6.92 Å². The Morgan fingerprint density at radius 1 is 0.789 bits per heavy atom. The average molecular weight is 260 g/mol. The lowest BCUT2D eigenvalue weighted by atomic mass is 9.87. The van der Waals surface area contributed by atoms with Crippen LogP contribution in [0, 0.1) is 0 Å². The van der Waals surface area contributed by atoms with Gasteiger partial charge in [0.15, 0.2) is 0 Å². The molecule has 4 N–H and O–H groups in total. The largest absolute Gasteiger partial charge is 0.508 e. The van der Waals surface area contributed by atoms with E-state index in [0.29, 0.717) is 17.5 Å². The van der Waals surface area contributed by atoms with E-state index in [-0.39, 0.29) is 28.9 Å². The number of phenolic OH excluding ortho intramolecular Hbond substituents is 4. The molecule has 0 fully saturated rings. The van der Waals surface area contributed by atoms with Gasteiger partial charge in [-0.3, -0.25) is 0 Å². The van der Waals surface area contributed by atoms with Crippen LogP contribution in [0.5, 0.6) is 23.0 Å². The van der Waals surface area contributed by atoms with Gasteiger partial charge in [-0.05, 0) is 42.8 Å². The quantitative estimate of drug-likeness (QED) is 0.639. The zero-order valence-corrected chi connectivity index (χ0v) is 10.5. The van der Waals surface area contributed by atoms with Crippen LogP contribution in [-0.4, -0.2) is 20.4 Å². The van der Waals surface area contributed by atoms with E-state index < -0.39 is 0 Å². The van der Waals surface area contributed by atoms with Crippen molar-refractivity contribution >= 4 is 0 Å². The summed E-state index contributed by atoms with van der Waals surface area (Å²) in [5.74, 6) is -0.115. The summed E-state index contributed by atoms with van der Waals surface area (Å²) < 4.78 is 0. The van der Waals surface area contributed by atoms with Crippen LogP contribution in [0.3, 0.4) is 0 Å². The van der Waals surface area contributed by atoms with Gasteiger partial charge in [-0.25, -0.2) is 0 Å². The molecule has 4 heteroatoms. The smallest absolute Gasteiger partial charge is 0.119 e. The van der Waals surface area contributed by atoms with Crippen molar-refractivity contribution in [3.8, 4) is 23.0 Å². The summed E-state index contributed by atoms with van der Waals surface area (Å²) in [6.07, 6.45) is 0.605. The second kappa shape index (κ2) is 5.10. The van der Waals surface area contributed by atoms with Crippen LogP contribution in [0.4, 0.5) is 0 Å². The van der Waals surface area contributed by atoms with Crippen molar-refractivity contribution in [1.82, 2.24) is 0 Å². The molecule has 0 aromatic heterocycles. The fourth-order valence-electron chi connectivity index (χ4n) is 2.25. The molecule has 2 rings (SSSR count). The first kappa shape index (κ1) is 13.1. The van der Waals surface area contributed by atoms with E-state index in [1.807, 2.05) is 6.92 Å². The van der Waals surface area contributed by atoms with E-state index in [4.69, 9.17) is 0 Å². The molecule has 19 heavy (non-hydrogen) atoms. The molecule has 0 aliphatic heterocycles. The highest BCUT2D eigenvalue weighted by Crippen LogP contribution is 2.40. The lowest BCUT2D eigenvalue weighted by Gasteiger charge is -2.19. The minimum absolute atomic E-state index is 0.0471. The summed E-state index contributed by atoms with van der Waals surface area (Å²) >= 11 is 0. The van der Waals surface area contributed by atoms with Gasteiger partial charge in [0.1, 0.15) is 23.0 Å². The number of benzene rings is 2. The zero-order chi connectivity index (χ0) is 14.0. The highest BCUT2D eigenvalue weighted by atomic mass is 16.3. The molecular weight excluding hydrogens is 244 g/mol. The van der Waals surface area contributed by atoms with Gasteiger partial charge in [0.25, 0.3) is 0 Å². The van der Waals surface area contributed by atoms with Crippen LogP contribution in [0.1, 0.15) is 30.4 Å². The maximum absolute atomic E-state index is 9.90. The second-order valence-corrected chi connectivity index (χ2v) is 4.45. The lowest BCUT2D eigenvalue weighted by Crippen LogP contribution is -2.00. The molecule has 0 aliphatic rings. The normalized spacial score (nSPS) is 10.8. The summed E-state index contributed by atoms with van der Waals surface area (Å²) in [4.78, 5) is 0. The molecule has 2 aromatic carbocycles. The third kappa shape index (κ3) is 2.57. The minimum Gasteiger partial charge on any atom is -0.508 e. The first-order valence-electron chi connectivity index (χ1n) is 6.06. The Morgan fingerprint density at radius 3 is 1.58 bits per heavy atom. The highest BCUT2D eigenvalue weighted by molar-refractivity contribution is 5.50. The third-order valence-electron chi connectivity index (χ3n) is 3.18. The van der Waals surface area contributed by atoms with Crippen LogP contribution < -0.4 is 0 Å². The van der Waals surface area contributed by atoms with Crippen LogP contribution in [0.15, 0.2) is 36.4 Å². The van der Waals surface area contributed by atoms with Crippen molar-refractivity contribution in [3.63, 3.8) is 0 Å². The van der Waals surface area contributed by atoms with Gasteiger partial charge in [-0.15, -0.1) is 0 Å². The van der Waals surface area contributed by atoms with E-state index >= 15 is 0 Å². The number of rotatable bonds is 3. The zero-order valence-electron chi connectivity index (χ0n) is 10.5. The van der Waals surface area contributed by atoms with Gasteiger partial charge >= 0.3 is 0 Å². The monoisotopic (exact) mass is 260 g/mol. The Labute approximate surface area is 111 Å². The summed E-state index contributed by atoms with van der Waals surface area (Å²) in [6, 6.07) is 8.54. The summed E-state index contributed by atoms with van der Waals surface area (Å²) in [5, 5.41) is 38.9. The van der Waals surface area contributed by atoms with E-state index in [9.17, 15) is 20.4 Å². The van der Waals surface area contributed by atoms with Gasteiger partial charge in [0.2, 0.25) is 0 Å². The first-order chi connectivity index (χ1) is 9.02. The van der Waals surface area contributed by atoms with Crippen LogP contribution in [0.25, 0.3) is 0 Å². The summed E-state index contributed by atoms with van der Waals surface area (Å²) in [7, 11) is 0. The molecule has 0 saturated heterocycles. The van der Waals surface area contributed by atoms with Crippen LogP contribution in [-0.2, 0) is 0 Å². The van der Waals surface area contributed by atoms with Gasteiger partial charge in [0, 0.05) is 17.0 Å². The Hall–Kier alpha value is -2.36. The lowest BCUT2D eigenvalue weighted by molar-refractivity contribution is 0.439. The van der Waals surface area contributed by atoms with Crippen molar-refractivity contribution in [3.05, 3.63) is 47.5 Å². The molecule has 0 heterocycles. The number of hydrogen-bond acceptors (Lipinski definition) is 4. The topological polar surface area (TPSA) is 80.9 Å². The van der Waals surface area contributed by atoms with Crippen LogP contribution in [0.2, 0.25) is 0 Å². The molecule has 0 bridgehead atoms. The molecule has 0 aliphatic carbocycles. The predicted molar refractivity (Wildman–Crippen MR) is 71.7 cm³/mol. The average Bonchev–Trinajstić information content (AvgIpc) is 2.38. The standard InChI is InChI=1S/C15H16O4/c1-2-11(12-7-9(16)3-5-14(12)18)13-8-10(17)4-6-15(13)19/h3-8,11,16-19H,2H2,1H3. The fraction of sp³-hybridized carbons (Fsp3) is 0.200. The Balaban J connectivity index is 2.55. The highest BCUT2D eigenvalue weighted by Gasteiger charge is 2.20. The molecule has 0 saturated carbocycles. The SMILES string of the molecule is CCC(c1cc(O)ccc1O)c1cc(O)ccc1O. The Morgan fingerprint density at radius 2 is 1.21 bits per heavy atom. The van der Waals surface area contributed by atoms with Crippen molar-refractivity contribution in [2.45, 2.75) is 19.3 Å². The van der Waals surface area contributed by atoms with Crippen molar-refractivity contribution < 1.29 is 20.4 Å². The third-order valence-corrected chi connectivity index (χ3v) is 3.18. The maximum Gasteiger partial charge on any atom is 0.119 e. The summed E-state index contributed by atoms with van der Waals surface area (Å²) in [5.41, 5.74) is 1.03. The molecule has 0 unspecified atom stereocenters. The number of phenols is 4. The predicted octanol–water partition coefficient (Wildman–Crippen LogP) is 3.05. The molecule has 100 valence electrons. The molecule has 0 amide bonds. The van der Waals surface area contributed by atoms with Crippen molar-refractivity contribution in [1.29, 1.82) is 0 Å². The fourth-order valence-corrected chi connectivity index (χ4v) is 2.25. The van der Waals surface area contributed by atoms with E-state index in [0.717, 1.165) is 0 Å². The van der Waals surface area contributed by atoms with E-state index in [2.05, 4.69) is 0 Å². The Bertz CT molecular complexity index is 541. The number of aromatic hydroxyl groups is 4. The number of hydrogen-bond donors (Lipinski definition) is 4. The molecule has 4 nitrogen and oxygen atoms in total. The van der Waals surface area contributed by atoms with E-state index in [1.54, 1.807) is 0 Å². The molecule has 0 radical (unpaired) electrons. The first-order valence-corrected chi connectivity index (χ1v) is 6.06. The van der Waals surface area contributed by atoms with E-state index in [1.165, 1.54) is 36.4 Å². The van der Waals surface area contributed by atoms with Gasteiger partial charge in [0.05, 0.1) is 0 Å². The van der Waals surface area contributed by atoms with Crippen molar-refractivity contribution in [2.24, 2.45) is 0 Å². The second-order valence-electron chi connectivity index (χ2n) is 4.45. The van der Waals surface area contributed by atoms with Crippen molar-refractivity contribution in [2.75, 3.05) is 0 Å². The summed E-state index contributed by atoms with van der Waals surface area (Å²) in [6.45, 7) is 1.90. The molecule has 2 aromatic rings. The molecule has 0 atom stereocenters. The molecule has 0 spiro atoms. The Kier molecular flexibility index (Phi) is 3.51. The van der Waals surface area contributed by atoms with Crippen LogP contribution >= 0.6 is 0 Å². The van der Waals surface area contributed by atoms with Gasteiger partial charge in [-0.2, -0.15) is 0 Å². The molecular formula is C15H16O4. The van der Waals surface area contributed by atoms with Gasteiger partial charge < -0.3 is 20.4 Å². The maximum atomic E-state index is 9.90.